The second kappa shape index (κ2) is 8.44. The predicted octanol–water partition coefficient (Wildman–Crippen LogP) is 3.55. The Hall–Kier alpha value is -5.56. The Labute approximate surface area is 171 Å². The minimum atomic E-state index is -1.30. The molecule has 2 aromatic carbocycles. The number of benzene rings is 2. The Kier molecular flexibility index (Phi) is 5.99. The standard InChI is InChI=1S/C12H4N8O12/c21-15(22)5-1-7(17(25)26)11(8(2-5)18(27)28)13-14-12-9(19(29)30)3-6(16(23)24)4-10(12)20(31)32/h1-4H/b14-13+. The Balaban J connectivity index is 2.88. The molecule has 0 amide bonds. The van der Waals surface area contributed by atoms with Gasteiger partial charge >= 0.3 is 22.7 Å². The van der Waals surface area contributed by atoms with E-state index in [9.17, 15) is 60.7 Å². The third-order valence-electron chi connectivity index (χ3n) is 3.57. The number of non-ortho nitro benzene ring substituents is 2. The first kappa shape index (κ1) is 22.7. The number of nitro groups is 6. The number of nitrogens with zero attached hydrogens (tertiary/aromatic N) is 8. The Morgan fingerprint density at radius 2 is 0.656 bits per heavy atom. The third-order valence-corrected chi connectivity index (χ3v) is 3.57. The van der Waals surface area contributed by atoms with Gasteiger partial charge in [0, 0.05) is 0 Å². The fourth-order valence-electron chi connectivity index (χ4n) is 2.25. The van der Waals surface area contributed by atoms with Gasteiger partial charge in [0.15, 0.2) is 0 Å². The number of rotatable bonds is 8. The Morgan fingerprint density at radius 3 is 0.812 bits per heavy atom. The van der Waals surface area contributed by atoms with E-state index in [1.807, 2.05) is 0 Å². The Morgan fingerprint density at radius 1 is 0.438 bits per heavy atom. The fourth-order valence-corrected chi connectivity index (χ4v) is 2.25. The summed E-state index contributed by atoms with van der Waals surface area (Å²) in [5.41, 5.74) is -9.77. The predicted molar refractivity (Wildman–Crippen MR) is 97.0 cm³/mol. The van der Waals surface area contributed by atoms with Gasteiger partial charge in [-0.05, 0) is 0 Å². The van der Waals surface area contributed by atoms with Crippen LogP contribution in [-0.2, 0) is 0 Å². The lowest BCUT2D eigenvalue weighted by molar-refractivity contribution is -0.402. The van der Waals surface area contributed by atoms with E-state index in [2.05, 4.69) is 10.2 Å². The van der Waals surface area contributed by atoms with Gasteiger partial charge in [-0.15, -0.1) is 10.2 Å². The maximum Gasteiger partial charge on any atom is 0.310 e. The van der Waals surface area contributed by atoms with Gasteiger partial charge in [-0.2, -0.15) is 0 Å². The second-order valence-corrected chi connectivity index (χ2v) is 5.41. The number of hydrogen-bond donors (Lipinski definition) is 0. The van der Waals surface area contributed by atoms with Crippen molar-refractivity contribution in [3.05, 3.63) is 85.0 Å². The highest BCUT2D eigenvalue weighted by Gasteiger charge is 2.34. The minimum Gasteiger partial charge on any atom is -0.258 e. The molecular formula is C12H4N8O12. The molecule has 0 aliphatic carbocycles. The molecule has 2 rings (SSSR count). The molecule has 0 aliphatic heterocycles. The van der Waals surface area contributed by atoms with Crippen molar-refractivity contribution in [2.45, 2.75) is 0 Å². The summed E-state index contributed by atoms with van der Waals surface area (Å²) in [6.45, 7) is 0. The molecule has 0 radical (unpaired) electrons. The molecule has 164 valence electrons. The molecule has 0 bridgehead atoms. The molecule has 0 spiro atoms. The van der Waals surface area contributed by atoms with Gasteiger partial charge in [-0.1, -0.05) is 0 Å². The molecule has 0 aliphatic rings. The molecule has 20 heteroatoms. The maximum absolute atomic E-state index is 11.2. The smallest absolute Gasteiger partial charge is 0.258 e. The van der Waals surface area contributed by atoms with Crippen LogP contribution in [0.15, 0.2) is 34.5 Å². The molecule has 0 aromatic heterocycles. The zero-order valence-electron chi connectivity index (χ0n) is 14.8. The van der Waals surface area contributed by atoms with Gasteiger partial charge in [0.25, 0.3) is 11.4 Å². The van der Waals surface area contributed by atoms with Crippen molar-refractivity contribution in [3.8, 4) is 0 Å². The summed E-state index contributed by atoms with van der Waals surface area (Å²) in [6.07, 6.45) is 0. The van der Waals surface area contributed by atoms with Crippen LogP contribution < -0.4 is 0 Å². The number of azo groups is 1. The van der Waals surface area contributed by atoms with Crippen molar-refractivity contribution in [1.29, 1.82) is 0 Å². The summed E-state index contributed by atoms with van der Waals surface area (Å²) >= 11 is 0. The first-order valence-electron chi connectivity index (χ1n) is 7.49. The largest absolute Gasteiger partial charge is 0.310 e. The fraction of sp³-hybridized carbons (Fsp3) is 0. The van der Waals surface area contributed by atoms with Crippen LogP contribution in [0.3, 0.4) is 0 Å². The summed E-state index contributed by atoms with van der Waals surface area (Å²) in [7, 11) is 0. The first-order chi connectivity index (χ1) is 14.8. The van der Waals surface area contributed by atoms with Gasteiger partial charge in [0.1, 0.15) is 0 Å². The molecule has 2 aromatic rings. The molecule has 0 fully saturated rings. The quantitative estimate of drug-likeness (QED) is 0.315. The van der Waals surface area contributed by atoms with E-state index in [0.29, 0.717) is 24.3 Å². The third kappa shape index (κ3) is 4.37. The van der Waals surface area contributed by atoms with Crippen LogP contribution >= 0.6 is 0 Å². The second-order valence-electron chi connectivity index (χ2n) is 5.41. The lowest BCUT2D eigenvalue weighted by Crippen LogP contribution is -1.98. The molecular weight excluding hydrogens is 448 g/mol. The van der Waals surface area contributed by atoms with Crippen LogP contribution in [0.5, 0.6) is 0 Å². The average molecular weight is 452 g/mol. The lowest BCUT2D eigenvalue weighted by Gasteiger charge is -2.01. The lowest BCUT2D eigenvalue weighted by atomic mass is 10.2. The molecule has 0 N–H and O–H groups in total. The summed E-state index contributed by atoms with van der Waals surface area (Å²) in [5.74, 6) is 0. The molecule has 20 nitrogen and oxygen atoms in total. The number of hydrogen-bond acceptors (Lipinski definition) is 14. The van der Waals surface area contributed by atoms with E-state index in [1.165, 1.54) is 0 Å². The zero-order valence-corrected chi connectivity index (χ0v) is 14.8. The van der Waals surface area contributed by atoms with Crippen molar-refractivity contribution >= 4 is 45.5 Å². The number of nitro benzene ring substituents is 6. The van der Waals surface area contributed by atoms with Gasteiger partial charge in [-0.3, -0.25) is 60.7 Å². The van der Waals surface area contributed by atoms with E-state index >= 15 is 0 Å². The maximum atomic E-state index is 11.2. The van der Waals surface area contributed by atoms with Crippen LogP contribution in [0.1, 0.15) is 0 Å². The highest BCUT2D eigenvalue weighted by Crippen LogP contribution is 2.45. The van der Waals surface area contributed by atoms with E-state index < -0.39 is 75.0 Å². The Bertz CT molecular complexity index is 1090. The van der Waals surface area contributed by atoms with Gasteiger partial charge in [0.05, 0.1) is 53.8 Å². The van der Waals surface area contributed by atoms with Crippen molar-refractivity contribution in [2.75, 3.05) is 0 Å². The SMILES string of the molecule is O=[N+]([O-])c1cc([N+](=O)[O-])c(/N=N/c2c([N+](=O)[O-])cc([N+](=O)[O-])cc2[N+](=O)[O-])c([N+](=O)[O-])c1. The topological polar surface area (TPSA) is 284 Å². The first-order valence-corrected chi connectivity index (χ1v) is 7.49. The van der Waals surface area contributed by atoms with E-state index in [1.54, 1.807) is 0 Å². The van der Waals surface area contributed by atoms with Crippen molar-refractivity contribution < 1.29 is 29.5 Å². The highest BCUT2D eigenvalue weighted by molar-refractivity contribution is 5.76. The van der Waals surface area contributed by atoms with Crippen LogP contribution in [0.25, 0.3) is 0 Å². The summed E-state index contributed by atoms with van der Waals surface area (Å²) in [6, 6.07) is 1.17. The summed E-state index contributed by atoms with van der Waals surface area (Å²) < 4.78 is 0. The normalized spacial score (nSPS) is 10.6. The van der Waals surface area contributed by atoms with Crippen LogP contribution in [0.4, 0.5) is 45.5 Å². The summed E-state index contributed by atoms with van der Waals surface area (Å²) in [4.78, 5) is 59.1. The molecule has 0 saturated carbocycles. The average Bonchev–Trinajstić information content (AvgIpc) is 2.70. The minimum absolute atomic E-state index is 0.292. The van der Waals surface area contributed by atoms with Crippen LogP contribution in [-0.4, -0.2) is 29.5 Å². The molecule has 0 unspecified atom stereocenters. The van der Waals surface area contributed by atoms with Gasteiger partial charge in [0.2, 0.25) is 11.4 Å². The van der Waals surface area contributed by atoms with E-state index in [0.717, 1.165) is 0 Å². The molecule has 0 heterocycles. The monoisotopic (exact) mass is 452 g/mol. The van der Waals surface area contributed by atoms with E-state index in [-0.39, 0.29) is 0 Å². The zero-order chi connectivity index (χ0) is 24.3. The van der Waals surface area contributed by atoms with Gasteiger partial charge in [-0.25, -0.2) is 0 Å². The van der Waals surface area contributed by atoms with E-state index in [4.69, 9.17) is 0 Å². The van der Waals surface area contributed by atoms with Crippen molar-refractivity contribution in [3.63, 3.8) is 0 Å². The van der Waals surface area contributed by atoms with Crippen LogP contribution in [0.2, 0.25) is 0 Å². The molecule has 0 atom stereocenters. The summed E-state index contributed by atoms with van der Waals surface area (Å²) in [5, 5.41) is 72.9. The molecule has 0 saturated heterocycles. The molecule has 32 heavy (non-hydrogen) atoms. The highest BCUT2D eigenvalue weighted by atomic mass is 16.6. The van der Waals surface area contributed by atoms with Gasteiger partial charge < -0.3 is 0 Å². The van der Waals surface area contributed by atoms with Crippen LogP contribution in [0, 0.1) is 60.7 Å². The van der Waals surface area contributed by atoms with Crippen molar-refractivity contribution in [1.82, 2.24) is 0 Å². The van der Waals surface area contributed by atoms with Crippen molar-refractivity contribution in [2.24, 2.45) is 10.2 Å².